The van der Waals surface area contributed by atoms with E-state index in [1.54, 1.807) is 0 Å². The van der Waals surface area contributed by atoms with Crippen LogP contribution in [0.15, 0.2) is 12.4 Å². The lowest BCUT2D eigenvalue weighted by Crippen LogP contribution is -2.51. The first kappa shape index (κ1) is 19.2. The molecular formula is C17H30ClN5O. The summed E-state index contributed by atoms with van der Waals surface area (Å²) >= 11 is 0. The van der Waals surface area contributed by atoms with Crippen LogP contribution in [-0.2, 0) is 11.8 Å². The number of imidazole rings is 1. The fourth-order valence-corrected chi connectivity index (χ4v) is 3.75. The zero-order valence-electron chi connectivity index (χ0n) is 14.7. The van der Waals surface area contributed by atoms with Gasteiger partial charge in [0, 0.05) is 45.1 Å². The first-order valence-corrected chi connectivity index (χ1v) is 8.85. The molecule has 2 fully saturated rings. The highest BCUT2D eigenvalue weighted by atomic mass is 35.5. The Morgan fingerprint density at radius 3 is 2.79 bits per heavy atom. The number of carbonyl (C=O) groups excluding carboxylic acids is 1. The molecule has 2 aliphatic rings. The molecule has 24 heavy (non-hydrogen) atoms. The fourth-order valence-electron chi connectivity index (χ4n) is 3.75. The molecule has 0 aromatic carbocycles. The van der Waals surface area contributed by atoms with Gasteiger partial charge in [-0.1, -0.05) is 6.92 Å². The van der Waals surface area contributed by atoms with Gasteiger partial charge in [0.1, 0.15) is 5.82 Å². The minimum atomic E-state index is 0. The highest BCUT2D eigenvalue weighted by molar-refractivity contribution is 5.85. The fraction of sp³-hybridized carbons (Fsp3) is 0.765. The summed E-state index contributed by atoms with van der Waals surface area (Å²) in [5.74, 6) is 1.99. The molecule has 1 aliphatic heterocycles. The number of halogens is 1. The van der Waals surface area contributed by atoms with Crippen LogP contribution in [0.2, 0.25) is 0 Å². The van der Waals surface area contributed by atoms with Crippen LogP contribution in [0, 0.1) is 5.92 Å². The molecule has 6 nitrogen and oxygen atoms in total. The van der Waals surface area contributed by atoms with Crippen molar-refractivity contribution in [2.75, 3.05) is 26.2 Å². The van der Waals surface area contributed by atoms with Gasteiger partial charge in [-0.05, 0) is 31.6 Å². The van der Waals surface area contributed by atoms with E-state index in [9.17, 15) is 4.79 Å². The Morgan fingerprint density at radius 2 is 2.12 bits per heavy atom. The van der Waals surface area contributed by atoms with Gasteiger partial charge in [0.05, 0.1) is 12.6 Å². The van der Waals surface area contributed by atoms with Crippen molar-refractivity contribution in [2.24, 2.45) is 13.0 Å². The lowest BCUT2D eigenvalue weighted by atomic mass is 9.87. The number of carbonyl (C=O) groups is 1. The third kappa shape index (κ3) is 4.71. The predicted octanol–water partition coefficient (Wildman–Crippen LogP) is 1.48. The van der Waals surface area contributed by atoms with E-state index >= 15 is 0 Å². The largest absolute Gasteiger partial charge is 0.352 e. The van der Waals surface area contributed by atoms with Crippen LogP contribution in [-0.4, -0.2) is 52.6 Å². The van der Waals surface area contributed by atoms with Crippen molar-refractivity contribution in [1.29, 1.82) is 0 Å². The smallest absolute Gasteiger partial charge is 0.234 e. The molecule has 0 bridgehead atoms. The van der Waals surface area contributed by atoms with Crippen LogP contribution >= 0.6 is 12.4 Å². The maximum atomic E-state index is 12.5. The van der Waals surface area contributed by atoms with Crippen molar-refractivity contribution in [3.63, 3.8) is 0 Å². The van der Waals surface area contributed by atoms with E-state index in [0.717, 1.165) is 44.2 Å². The number of hydrogen-bond acceptors (Lipinski definition) is 4. The summed E-state index contributed by atoms with van der Waals surface area (Å²) in [5, 5.41) is 6.65. The van der Waals surface area contributed by atoms with Crippen molar-refractivity contribution in [3.8, 4) is 0 Å². The summed E-state index contributed by atoms with van der Waals surface area (Å²) in [6.07, 6.45) is 8.49. The number of aryl methyl sites for hydroxylation is 1. The number of nitrogens with zero attached hydrogens (tertiary/aromatic N) is 3. The van der Waals surface area contributed by atoms with E-state index in [0.29, 0.717) is 12.6 Å². The maximum absolute atomic E-state index is 12.5. The Labute approximate surface area is 150 Å². The molecule has 3 rings (SSSR count). The summed E-state index contributed by atoms with van der Waals surface area (Å²) in [5.41, 5.74) is 0. The minimum absolute atomic E-state index is 0. The molecule has 1 aliphatic carbocycles. The number of aromatic nitrogens is 2. The van der Waals surface area contributed by atoms with Gasteiger partial charge in [-0.3, -0.25) is 9.69 Å². The molecular weight excluding hydrogens is 326 g/mol. The van der Waals surface area contributed by atoms with Gasteiger partial charge in [0.2, 0.25) is 5.91 Å². The van der Waals surface area contributed by atoms with Crippen LogP contribution < -0.4 is 10.6 Å². The van der Waals surface area contributed by atoms with Crippen LogP contribution in [0.25, 0.3) is 0 Å². The SMILES string of the molecule is CC1CCC(NC(=O)CN2CCNCC2c2nccn2C)CC1.Cl. The topological polar surface area (TPSA) is 62.2 Å². The van der Waals surface area contributed by atoms with Crippen molar-refractivity contribution >= 4 is 18.3 Å². The third-order valence-corrected chi connectivity index (χ3v) is 5.24. The van der Waals surface area contributed by atoms with E-state index in [1.807, 2.05) is 24.0 Å². The molecule has 1 saturated carbocycles. The van der Waals surface area contributed by atoms with E-state index in [-0.39, 0.29) is 24.4 Å². The molecule has 1 atom stereocenters. The Hall–Kier alpha value is -1.11. The normalized spacial score (nSPS) is 28.2. The van der Waals surface area contributed by atoms with Gasteiger partial charge >= 0.3 is 0 Å². The Morgan fingerprint density at radius 1 is 1.38 bits per heavy atom. The lowest BCUT2D eigenvalue weighted by molar-refractivity contribution is -0.124. The second-order valence-corrected chi connectivity index (χ2v) is 7.11. The summed E-state index contributed by atoms with van der Waals surface area (Å²) in [4.78, 5) is 19.2. The predicted molar refractivity (Wildman–Crippen MR) is 97.2 cm³/mol. The van der Waals surface area contributed by atoms with Gasteiger partial charge in [0.25, 0.3) is 0 Å². The molecule has 1 aromatic rings. The summed E-state index contributed by atoms with van der Waals surface area (Å²) in [7, 11) is 2.01. The van der Waals surface area contributed by atoms with Crippen LogP contribution in [0.3, 0.4) is 0 Å². The Bertz CT molecular complexity index is 527. The van der Waals surface area contributed by atoms with Crippen molar-refractivity contribution in [1.82, 2.24) is 25.1 Å². The Kier molecular flexibility index (Phi) is 7.07. The van der Waals surface area contributed by atoms with Crippen molar-refractivity contribution in [2.45, 2.75) is 44.7 Å². The molecule has 0 spiro atoms. The number of amides is 1. The Balaban J connectivity index is 0.00000208. The molecule has 0 radical (unpaired) electrons. The lowest BCUT2D eigenvalue weighted by Gasteiger charge is -2.35. The highest BCUT2D eigenvalue weighted by Gasteiger charge is 2.29. The van der Waals surface area contributed by atoms with Crippen LogP contribution in [0.1, 0.15) is 44.5 Å². The van der Waals surface area contributed by atoms with E-state index < -0.39 is 0 Å². The van der Waals surface area contributed by atoms with Gasteiger partial charge in [-0.2, -0.15) is 0 Å². The molecule has 1 unspecified atom stereocenters. The van der Waals surface area contributed by atoms with E-state index in [2.05, 4.69) is 27.4 Å². The van der Waals surface area contributed by atoms with Crippen molar-refractivity contribution in [3.05, 3.63) is 18.2 Å². The van der Waals surface area contributed by atoms with Crippen molar-refractivity contribution < 1.29 is 4.79 Å². The number of hydrogen-bond donors (Lipinski definition) is 2. The molecule has 2 heterocycles. The molecule has 2 N–H and O–H groups in total. The van der Waals surface area contributed by atoms with E-state index in [4.69, 9.17) is 0 Å². The van der Waals surface area contributed by atoms with Gasteiger partial charge in [-0.25, -0.2) is 4.98 Å². The summed E-state index contributed by atoms with van der Waals surface area (Å²) < 4.78 is 2.05. The maximum Gasteiger partial charge on any atom is 0.234 e. The molecule has 136 valence electrons. The van der Waals surface area contributed by atoms with Crippen LogP contribution in [0.4, 0.5) is 0 Å². The van der Waals surface area contributed by atoms with Crippen LogP contribution in [0.5, 0.6) is 0 Å². The number of rotatable bonds is 4. The minimum Gasteiger partial charge on any atom is -0.352 e. The third-order valence-electron chi connectivity index (χ3n) is 5.24. The number of piperazine rings is 1. The summed E-state index contributed by atoms with van der Waals surface area (Å²) in [6, 6.07) is 0.536. The van der Waals surface area contributed by atoms with Gasteiger partial charge in [0.15, 0.2) is 0 Å². The first-order chi connectivity index (χ1) is 11.1. The van der Waals surface area contributed by atoms with E-state index in [1.165, 1.54) is 12.8 Å². The second kappa shape index (κ2) is 8.83. The first-order valence-electron chi connectivity index (χ1n) is 8.85. The summed E-state index contributed by atoms with van der Waals surface area (Å²) in [6.45, 7) is 5.42. The highest BCUT2D eigenvalue weighted by Crippen LogP contribution is 2.24. The molecule has 1 amide bonds. The quantitative estimate of drug-likeness (QED) is 0.858. The zero-order valence-corrected chi connectivity index (χ0v) is 15.5. The zero-order chi connectivity index (χ0) is 16.2. The number of nitrogens with one attached hydrogen (secondary N) is 2. The van der Waals surface area contributed by atoms with Gasteiger partial charge in [-0.15, -0.1) is 12.4 Å². The monoisotopic (exact) mass is 355 g/mol. The van der Waals surface area contributed by atoms with Gasteiger partial charge < -0.3 is 15.2 Å². The average Bonchev–Trinajstić information content (AvgIpc) is 2.96. The standard InChI is InChI=1S/C17H29N5O.ClH/c1-13-3-5-14(6-4-13)20-16(23)12-22-10-7-18-11-15(22)17-19-8-9-21(17)2;/h8-9,13-15,18H,3-7,10-12H2,1-2H3,(H,20,23);1H. The molecule has 1 aromatic heterocycles. The molecule has 1 saturated heterocycles. The average molecular weight is 356 g/mol. The second-order valence-electron chi connectivity index (χ2n) is 7.11. The molecule has 7 heteroatoms.